The first-order valence-electron chi connectivity index (χ1n) is 11.2. The summed E-state index contributed by atoms with van der Waals surface area (Å²) in [5.74, 6) is 0.253. The molecule has 1 fully saturated rings. The Labute approximate surface area is 183 Å². The van der Waals surface area contributed by atoms with E-state index >= 15 is 0 Å². The van der Waals surface area contributed by atoms with Crippen molar-refractivity contribution in [2.24, 2.45) is 0 Å². The molecule has 1 aliphatic heterocycles. The van der Waals surface area contributed by atoms with Gasteiger partial charge in [-0.2, -0.15) is 5.26 Å². The number of nitriles is 1. The number of carbonyl (C=O) groups excluding carboxylic acids is 1. The second kappa shape index (κ2) is 8.17. The topological polar surface area (TPSA) is 51.7 Å². The van der Waals surface area contributed by atoms with Gasteiger partial charge in [-0.25, -0.2) is 4.85 Å². The van der Waals surface area contributed by atoms with E-state index in [9.17, 15) is 4.79 Å². The second-order valence-electron chi connectivity index (χ2n) is 9.01. The monoisotopic (exact) mass is 410 g/mol. The van der Waals surface area contributed by atoms with Crippen LogP contribution in [-0.4, -0.2) is 47.4 Å². The van der Waals surface area contributed by atoms with Gasteiger partial charge >= 0.3 is 0 Å². The second-order valence-corrected chi connectivity index (χ2v) is 9.01. The maximum atomic E-state index is 13.1. The average Bonchev–Trinajstić information content (AvgIpc) is 2.82. The van der Waals surface area contributed by atoms with Crippen molar-refractivity contribution < 1.29 is 4.79 Å². The predicted octanol–water partition coefficient (Wildman–Crippen LogP) is 3.67. The first-order valence-corrected chi connectivity index (χ1v) is 11.2. The van der Waals surface area contributed by atoms with Crippen molar-refractivity contribution in [3.8, 4) is 6.07 Å². The molecule has 1 saturated heterocycles. The Bertz CT molecular complexity index is 1110. The maximum Gasteiger partial charge on any atom is 0.237 e. The molecule has 0 aromatic heterocycles. The lowest BCUT2D eigenvalue weighted by Gasteiger charge is -2.44. The van der Waals surface area contributed by atoms with Crippen molar-refractivity contribution in [1.29, 1.82) is 5.26 Å². The summed E-state index contributed by atoms with van der Waals surface area (Å²) in [5, 5.41) is 9.12. The molecular weight excluding hydrogens is 384 g/mol. The molecule has 1 amide bonds. The highest BCUT2D eigenvalue weighted by Gasteiger charge is 2.35. The minimum Gasteiger partial charge on any atom is -0.337 e. The molecule has 2 aliphatic carbocycles. The number of aryl methyl sites for hydroxylation is 2. The Morgan fingerprint density at radius 3 is 2.39 bits per heavy atom. The van der Waals surface area contributed by atoms with Crippen molar-refractivity contribution in [3.63, 3.8) is 0 Å². The van der Waals surface area contributed by atoms with Crippen LogP contribution in [0.2, 0.25) is 0 Å². The number of hydrogen-bond acceptors (Lipinski definition) is 3. The molecular formula is C26H26N4O. The van der Waals surface area contributed by atoms with Gasteiger partial charge in [0.25, 0.3) is 0 Å². The van der Waals surface area contributed by atoms with Gasteiger partial charge in [-0.3, -0.25) is 9.69 Å². The lowest BCUT2D eigenvalue weighted by molar-refractivity contribution is -0.140. The van der Waals surface area contributed by atoms with Gasteiger partial charge in [0.1, 0.15) is 0 Å². The number of benzene rings is 2. The molecule has 1 heterocycles. The highest BCUT2D eigenvalue weighted by atomic mass is 16.2. The molecule has 0 spiro atoms. The van der Waals surface area contributed by atoms with Crippen molar-refractivity contribution >= 4 is 11.6 Å². The van der Waals surface area contributed by atoms with Crippen LogP contribution in [0.15, 0.2) is 36.4 Å². The van der Waals surface area contributed by atoms with Crippen LogP contribution in [0.5, 0.6) is 0 Å². The van der Waals surface area contributed by atoms with E-state index in [1.807, 2.05) is 24.3 Å². The van der Waals surface area contributed by atoms with Gasteiger partial charge in [0.15, 0.2) is 5.69 Å². The van der Waals surface area contributed by atoms with Gasteiger partial charge < -0.3 is 4.90 Å². The zero-order valence-corrected chi connectivity index (χ0v) is 17.7. The van der Waals surface area contributed by atoms with E-state index in [0.29, 0.717) is 18.3 Å². The smallest absolute Gasteiger partial charge is 0.237 e. The summed E-state index contributed by atoms with van der Waals surface area (Å²) in [4.78, 5) is 21.1. The SMILES string of the molecule is [C-]#[N+]c1ccc2c(c1)CC[C@@H](N1CCN(C3CCc4cc(C#N)ccc4C3)CC1=O)C2. The molecule has 3 aliphatic rings. The fraction of sp³-hybridized carbons (Fsp3) is 0.423. The quantitative estimate of drug-likeness (QED) is 0.710. The molecule has 31 heavy (non-hydrogen) atoms. The van der Waals surface area contributed by atoms with Crippen LogP contribution in [-0.2, 0) is 30.5 Å². The molecule has 2 atom stereocenters. The lowest BCUT2D eigenvalue weighted by atomic mass is 9.85. The molecule has 2 aromatic carbocycles. The van der Waals surface area contributed by atoms with Crippen molar-refractivity contribution in [2.75, 3.05) is 19.6 Å². The highest BCUT2D eigenvalue weighted by Crippen LogP contribution is 2.30. The molecule has 0 radical (unpaired) electrons. The maximum absolute atomic E-state index is 13.1. The van der Waals surface area contributed by atoms with Crippen molar-refractivity contribution in [3.05, 3.63) is 75.6 Å². The lowest BCUT2D eigenvalue weighted by Crippen LogP contribution is -2.58. The minimum absolute atomic E-state index is 0.253. The molecule has 156 valence electrons. The van der Waals surface area contributed by atoms with E-state index in [1.54, 1.807) is 0 Å². The fourth-order valence-electron chi connectivity index (χ4n) is 5.58. The van der Waals surface area contributed by atoms with Crippen LogP contribution in [0.1, 0.15) is 40.7 Å². The molecule has 0 N–H and O–H groups in total. The van der Waals surface area contributed by atoms with Crippen LogP contribution in [0.4, 0.5) is 5.69 Å². The number of fused-ring (bicyclic) bond motifs is 2. The number of nitrogens with zero attached hydrogens (tertiary/aromatic N) is 4. The Hall–Kier alpha value is -3.15. The van der Waals surface area contributed by atoms with Crippen LogP contribution in [0, 0.1) is 17.9 Å². The van der Waals surface area contributed by atoms with Gasteiger partial charge in [-0.1, -0.05) is 29.8 Å². The van der Waals surface area contributed by atoms with Crippen LogP contribution >= 0.6 is 0 Å². The summed E-state index contributed by atoms with van der Waals surface area (Å²) in [5.41, 5.74) is 6.63. The van der Waals surface area contributed by atoms with E-state index in [2.05, 4.69) is 32.8 Å². The molecule has 1 unspecified atom stereocenters. The fourth-order valence-corrected chi connectivity index (χ4v) is 5.58. The van der Waals surface area contributed by atoms with E-state index in [-0.39, 0.29) is 11.9 Å². The third kappa shape index (κ3) is 3.82. The average molecular weight is 411 g/mol. The minimum atomic E-state index is 0.253. The summed E-state index contributed by atoms with van der Waals surface area (Å²) in [6.07, 6.45) is 5.83. The Morgan fingerprint density at radius 2 is 1.65 bits per heavy atom. The van der Waals surface area contributed by atoms with Gasteiger partial charge in [-0.15, -0.1) is 0 Å². The zero-order chi connectivity index (χ0) is 21.4. The number of rotatable bonds is 2. The summed E-state index contributed by atoms with van der Waals surface area (Å²) in [7, 11) is 0. The van der Waals surface area contributed by atoms with Gasteiger partial charge in [0, 0.05) is 25.2 Å². The van der Waals surface area contributed by atoms with E-state index < -0.39 is 0 Å². The first kappa shape index (κ1) is 19.8. The van der Waals surface area contributed by atoms with Crippen LogP contribution < -0.4 is 0 Å². The van der Waals surface area contributed by atoms with Crippen LogP contribution in [0.25, 0.3) is 4.85 Å². The van der Waals surface area contributed by atoms with E-state index in [4.69, 9.17) is 11.8 Å². The third-order valence-electron chi connectivity index (χ3n) is 7.30. The van der Waals surface area contributed by atoms with E-state index in [0.717, 1.165) is 57.2 Å². The summed E-state index contributed by atoms with van der Waals surface area (Å²) >= 11 is 0. The predicted molar refractivity (Wildman–Crippen MR) is 119 cm³/mol. The molecule has 5 rings (SSSR count). The van der Waals surface area contributed by atoms with Gasteiger partial charge in [-0.05, 0) is 67.3 Å². The van der Waals surface area contributed by atoms with E-state index in [1.165, 1.54) is 22.3 Å². The number of piperazine rings is 1. The highest BCUT2D eigenvalue weighted by molar-refractivity contribution is 5.79. The first-order chi connectivity index (χ1) is 15.1. The summed E-state index contributed by atoms with van der Waals surface area (Å²) in [6.45, 7) is 9.45. The Morgan fingerprint density at radius 1 is 0.935 bits per heavy atom. The van der Waals surface area contributed by atoms with Crippen LogP contribution in [0.3, 0.4) is 0 Å². The summed E-state index contributed by atoms with van der Waals surface area (Å²) in [6, 6.07) is 14.9. The molecule has 5 heteroatoms. The zero-order valence-electron chi connectivity index (χ0n) is 17.7. The van der Waals surface area contributed by atoms with Gasteiger partial charge in [0.05, 0.1) is 24.7 Å². The molecule has 0 saturated carbocycles. The van der Waals surface area contributed by atoms with Gasteiger partial charge in [0.2, 0.25) is 5.91 Å². The standard InChI is InChI=1S/C26H26N4O/c1-28-23-7-4-22-15-25(9-6-20(22)13-23)30-11-10-29(17-26(30)31)24-8-5-19-12-18(16-27)2-3-21(19)14-24/h2-4,7,12-13,24-25H,5-6,8-11,14-15,17H2/t24?,25-/m1/s1. The Kier molecular flexibility index (Phi) is 5.22. The Balaban J connectivity index is 1.22. The molecule has 5 nitrogen and oxygen atoms in total. The van der Waals surface area contributed by atoms with Crippen molar-refractivity contribution in [2.45, 2.75) is 50.6 Å². The number of carbonyl (C=O) groups is 1. The molecule has 2 aromatic rings. The number of hydrogen-bond donors (Lipinski definition) is 0. The summed E-state index contributed by atoms with van der Waals surface area (Å²) < 4.78 is 0. The van der Waals surface area contributed by atoms with Crippen molar-refractivity contribution in [1.82, 2.24) is 9.80 Å². The third-order valence-corrected chi connectivity index (χ3v) is 7.30. The normalized spacial score (nSPS) is 23.4. The molecule has 0 bridgehead atoms. The number of amides is 1. The largest absolute Gasteiger partial charge is 0.337 e.